The van der Waals surface area contributed by atoms with E-state index in [1.807, 2.05) is 13.8 Å². The molecule has 1 saturated heterocycles. The van der Waals surface area contributed by atoms with Crippen LogP contribution in [0.3, 0.4) is 0 Å². The Morgan fingerprint density at radius 3 is 2.50 bits per heavy atom. The van der Waals surface area contributed by atoms with Crippen molar-refractivity contribution in [1.29, 1.82) is 0 Å². The normalized spacial score (nSPS) is 24.1. The lowest BCUT2D eigenvalue weighted by molar-refractivity contribution is 0.0602. The van der Waals surface area contributed by atoms with Gasteiger partial charge in [-0.2, -0.15) is 0 Å². The molecule has 1 N–H and O–H groups in total. The van der Waals surface area contributed by atoms with Crippen molar-refractivity contribution in [3.8, 4) is 0 Å². The van der Waals surface area contributed by atoms with E-state index in [9.17, 15) is 13.6 Å². The lowest BCUT2D eigenvalue weighted by Crippen LogP contribution is -2.57. The lowest BCUT2D eigenvalue weighted by atomic mass is 10.1. The largest absolute Gasteiger partial charge is 0.333 e. The number of carbonyl (C=O) groups is 1. The molecule has 1 fully saturated rings. The highest BCUT2D eigenvalue weighted by atomic mass is 19.1. The Labute approximate surface area is 105 Å². The van der Waals surface area contributed by atoms with Crippen molar-refractivity contribution in [1.82, 2.24) is 10.2 Å². The van der Waals surface area contributed by atoms with Crippen LogP contribution >= 0.6 is 0 Å². The van der Waals surface area contributed by atoms with Gasteiger partial charge in [-0.15, -0.1) is 0 Å². The van der Waals surface area contributed by atoms with Gasteiger partial charge in [0.2, 0.25) is 0 Å². The van der Waals surface area contributed by atoms with E-state index in [0.29, 0.717) is 13.1 Å². The first-order valence-corrected chi connectivity index (χ1v) is 5.99. The second kappa shape index (κ2) is 5.02. The molecule has 0 bridgehead atoms. The SMILES string of the molecule is CC1NCCN(C(=O)c2cc(F)cc(F)c2)C1C. The molecule has 18 heavy (non-hydrogen) atoms. The molecule has 0 aromatic heterocycles. The number of hydrogen-bond acceptors (Lipinski definition) is 2. The van der Waals surface area contributed by atoms with E-state index in [1.165, 1.54) is 0 Å². The van der Waals surface area contributed by atoms with E-state index in [0.717, 1.165) is 18.2 Å². The van der Waals surface area contributed by atoms with Crippen LogP contribution in [0.5, 0.6) is 0 Å². The van der Waals surface area contributed by atoms with Gasteiger partial charge in [-0.1, -0.05) is 0 Å². The highest BCUT2D eigenvalue weighted by Crippen LogP contribution is 2.15. The van der Waals surface area contributed by atoms with E-state index in [-0.39, 0.29) is 23.6 Å². The summed E-state index contributed by atoms with van der Waals surface area (Å²) in [5.41, 5.74) is 0.0634. The minimum Gasteiger partial charge on any atom is -0.333 e. The highest BCUT2D eigenvalue weighted by Gasteiger charge is 2.29. The zero-order valence-corrected chi connectivity index (χ0v) is 10.4. The summed E-state index contributed by atoms with van der Waals surface area (Å²) in [6, 6.07) is 3.08. The van der Waals surface area contributed by atoms with E-state index in [1.54, 1.807) is 4.90 Å². The van der Waals surface area contributed by atoms with Gasteiger partial charge in [0.25, 0.3) is 5.91 Å². The third-order valence-corrected chi connectivity index (χ3v) is 3.40. The van der Waals surface area contributed by atoms with Gasteiger partial charge in [0.05, 0.1) is 0 Å². The number of rotatable bonds is 1. The Morgan fingerprint density at radius 2 is 1.89 bits per heavy atom. The molecule has 1 aromatic carbocycles. The van der Waals surface area contributed by atoms with Gasteiger partial charge in [-0.3, -0.25) is 4.79 Å². The third-order valence-electron chi connectivity index (χ3n) is 3.40. The predicted octanol–water partition coefficient (Wildman–Crippen LogP) is 1.79. The Balaban J connectivity index is 2.24. The number of nitrogens with zero attached hydrogens (tertiary/aromatic N) is 1. The van der Waals surface area contributed by atoms with Crippen molar-refractivity contribution in [2.75, 3.05) is 13.1 Å². The summed E-state index contributed by atoms with van der Waals surface area (Å²) < 4.78 is 26.2. The van der Waals surface area contributed by atoms with Gasteiger partial charge < -0.3 is 10.2 Å². The van der Waals surface area contributed by atoms with Crippen LogP contribution in [0.1, 0.15) is 24.2 Å². The first kappa shape index (κ1) is 13.0. The molecule has 1 aliphatic rings. The number of halogens is 2. The quantitative estimate of drug-likeness (QED) is 0.828. The van der Waals surface area contributed by atoms with Crippen LogP contribution in [0.2, 0.25) is 0 Å². The number of carbonyl (C=O) groups excluding carboxylic acids is 1. The zero-order chi connectivity index (χ0) is 13.3. The van der Waals surface area contributed by atoms with E-state index < -0.39 is 11.6 Å². The Morgan fingerprint density at radius 1 is 1.28 bits per heavy atom. The number of hydrogen-bond donors (Lipinski definition) is 1. The van der Waals surface area contributed by atoms with Gasteiger partial charge in [-0.25, -0.2) is 8.78 Å². The van der Waals surface area contributed by atoms with Crippen molar-refractivity contribution in [2.45, 2.75) is 25.9 Å². The molecule has 0 radical (unpaired) electrons. The van der Waals surface area contributed by atoms with Crippen LogP contribution < -0.4 is 5.32 Å². The van der Waals surface area contributed by atoms with Gasteiger partial charge in [0, 0.05) is 36.8 Å². The van der Waals surface area contributed by atoms with Crippen molar-refractivity contribution >= 4 is 5.91 Å². The van der Waals surface area contributed by atoms with E-state index >= 15 is 0 Å². The van der Waals surface area contributed by atoms with Crippen LogP contribution in [0.15, 0.2) is 18.2 Å². The molecule has 1 amide bonds. The molecule has 0 spiro atoms. The molecule has 2 unspecified atom stereocenters. The maximum absolute atomic E-state index is 13.1. The Bertz CT molecular complexity index is 444. The standard InChI is InChI=1S/C13H16F2N2O/c1-8-9(2)17(4-3-16-8)13(18)10-5-11(14)7-12(15)6-10/h5-9,16H,3-4H2,1-2H3. The fourth-order valence-electron chi connectivity index (χ4n) is 2.19. The van der Waals surface area contributed by atoms with Crippen molar-refractivity contribution in [3.63, 3.8) is 0 Å². The molecule has 3 nitrogen and oxygen atoms in total. The summed E-state index contributed by atoms with van der Waals surface area (Å²) in [6.07, 6.45) is 0. The molecule has 5 heteroatoms. The fraction of sp³-hybridized carbons (Fsp3) is 0.462. The van der Waals surface area contributed by atoms with Gasteiger partial charge in [-0.05, 0) is 26.0 Å². The zero-order valence-electron chi connectivity index (χ0n) is 10.4. The minimum absolute atomic E-state index is 0.00224. The summed E-state index contributed by atoms with van der Waals surface area (Å²) >= 11 is 0. The molecule has 2 atom stereocenters. The summed E-state index contributed by atoms with van der Waals surface area (Å²) in [6.45, 7) is 5.14. The smallest absolute Gasteiger partial charge is 0.254 e. The molecule has 1 aliphatic heterocycles. The molecule has 98 valence electrons. The van der Waals surface area contributed by atoms with Crippen molar-refractivity contribution in [3.05, 3.63) is 35.4 Å². The number of nitrogens with one attached hydrogen (secondary N) is 1. The first-order valence-electron chi connectivity index (χ1n) is 5.99. The van der Waals surface area contributed by atoms with Crippen LogP contribution in [-0.4, -0.2) is 36.0 Å². The van der Waals surface area contributed by atoms with Gasteiger partial charge in [0.15, 0.2) is 0 Å². The van der Waals surface area contributed by atoms with Gasteiger partial charge in [0.1, 0.15) is 11.6 Å². The summed E-state index contributed by atoms with van der Waals surface area (Å²) in [7, 11) is 0. The molecule has 1 heterocycles. The van der Waals surface area contributed by atoms with E-state index in [4.69, 9.17) is 0 Å². The second-order valence-corrected chi connectivity index (χ2v) is 4.64. The Hall–Kier alpha value is -1.49. The van der Waals surface area contributed by atoms with Crippen molar-refractivity contribution in [2.24, 2.45) is 0 Å². The maximum atomic E-state index is 13.1. The summed E-state index contributed by atoms with van der Waals surface area (Å²) in [5, 5.41) is 3.25. The number of piperazine rings is 1. The molecule has 0 aliphatic carbocycles. The molecular weight excluding hydrogens is 238 g/mol. The lowest BCUT2D eigenvalue weighted by Gasteiger charge is -2.38. The molecule has 2 rings (SSSR count). The van der Waals surface area contributed by atoms with Crippen LogP contribution in [0, 0.1) is 11.6 Å². The summed E-state index contributed by atoms with van der Waals surface area (Å²) in [5.74, 6) is -1.78. The molecular formula is C13H16F2N2O. The number of amides is 1. The number of benzene rings is 1. The molecule has 1 aromatic rings. The van der Waals surface area contributed by atoms with Crippen LogP contribution in [0.4, 0.5) is 8.78 Å². The first-order chi connectivity index (χ1) is 8.49. The van der Waals surface area contributed by atoms with Crippen LogP contribution in [-0.2, 0) is 0 Å². The topological polar surface area (TPSA) is 32.3 Å². The van der Waals surface area contributed by atoms with Crippen molar-refractivity contribution < 1.29 is 13.6 Å². The predicted molar refractivity (Wildman–Crippen MR) is 64.3 cm³/mol. The van der Waals surface area contributed by atoms with E-state index in [2.05, 4.69) is 5.32 Å². The maximum Gasteiger partial charge on any atom is 0.254 e. The molecule has 0 saturated carbocycles. The monoisotopic (exact) mass is 254 g/mol. The second-order valence-electron chi connectivity index (χ2n) is 4.64. The average Bonchev–Trinajstić information content (AvgIpc) is 2.30. The Kier molecular flexibility index (Phi) is 3.61. The van der Waals surface area contributed by atoms with Gasteiger partial charge >= 0.3 is 0 Å². The summed E-state index contributed by atoms with van der Waals surface area (Å²) in [4.78, 5) is 13.9. The van der Waals surface area contributed by atoms with Crippen LogP contribution in [0.25, 0.3) is 0 Å². The average molecular weight is 254 g/mol. The third kappa shape index (κ3) is 2.51. The minimum atomic E-state index is -0.728. The highest BCUT2D eigenvalue weighted by molar-refractivity contribution is 5.94. The fourth-order valence-corrected chi connectivity index (χ4v) is 2.19.